The number of benzene rings is 1. The zero-order chi connectivity index (χ0) is 15.6. The Morgan fingerprint density at radius 2 is 2.00 bits per heavy atom. The monoisotopic (exact) mass is 335 g/mol. The Bertz CT molecular complexity index is 764. The van der Waals surface area contributed by atoms with Crippen molar-refractivity contribution in [2.45, 2.75) is 23.8 Å². The van der Waals surface area contributed by atoms with E-state index < -0.39 is 9.84 Å². The fourth-order valence-electron chi connectivity index (χ4n) is 2.33. The molecule has 22 heavy (non-hydrogen) atoms. The molecule has 1 aliphatic heterocycles. The summed E-state index contributed by atoms with van der Waals surface area (Å²) in [4.78, 5) is 8.89. The van der Waals surface area contributed by atoms with E-state index in [9.17, 15) is 8.42 Å². The maximum Gasteiger partial charge on any atom is 0.190 e. The molecule has 2 heterocycles. The van der Waals surface area contributed by atoms with Gasteiger partial charge in [-0.05, 0) is 25.5 Å². The van der Waals surface area contributed by atoms with Gasteiger partial charge in [0.2, 0.25) is 0 Å². The molecule has 0 aliphatic carbocycles. The van der Waals surface area contributed by atoms with Crippen LogP contribution in [0, 0.1) is 6.92 Å². The molecule has 0 radical (unpaired) electrons. The first kappa shape index (κ1) is 15.3. The highest BCUT2D eigenvalue weighted by molar-refractivity contribution is 8.01. The van der Waals surface area contributed by atoms with Crippen LogP contribution in [0.25, 0.3) is 0 Å². The molecule has 0 amide bonds. The summed E-state index contributed by atoms with van der Waals surface area (Å²) in [5.74, 6) is 1.21. The van der Waals surface area contributed by atoms with Crippen molar-refractivity contribution in [3.63, 3.8) is 0 Å². The fourth-order valence-corrected chi connectivity index (χ4v) is 5.80. The molecule has 7 heteroatoms. The molecule has 3 rings (SSSR count). The van der Waals surface area contributed by atoms with E-state index in [1.54, 1.807) is 0 Å². The Labute approximate surface area is 134 Å². The maximum atomic E-state index is 11.5. The van der Waals surface area contributed by atoms with Gasteiger partial charge < -0.3 is 5.32 Å². The van der Waals surface area contributed by atoms with Crippen molar-refractivity contribution in [1.82, 2.24) is 9.97 Å². The van der Waals surface area contributed by atoms with E-state index in [1.165, 1.54) is 11.8 Å². The topological polar surface area (TPSA) is 72.0 Å². The van der Waals surface area contributed by atoms with Gasteiger partial charge in [-0.25, -0.2) is 18.4 Å². The van der Waals surface area contributed by atoms with E-state index in [0.717, 1.165) is 17.2 Å². The smallest absolute Gasteiger partial charge is 0.190 e. The lowest BCUT2D eigenvalue weighted by Crippen LogP contribution is -2.07. The van der Waals surface area contributed by atoms with Gasteiger partial charge in [-0.15, -0.1) is 0 Å². The minimum absolute atomic E-state index is 0.0522. The number of aromatic nitrogens is 2. The summed E-state index contributed by atoms with van der Waals surface area (Å²) in [5, 5.41) is 3.92. The SMILES string of the molecule is Cc1cc(Nc2ccccc2)nc(SC2CCS(=O)(=O)C2)n1. The third-order valence-corrected chi connectivity index (χ3v) is 6.45. The molecule has 1 aliphatic rings. The van der Waals surface area contributed by atoms with E-state index in [2.05, 4.69) is 15.3 Å². The molecule has 1 aromatic heterocycles. The van der Waals surface area contributed by atoms with E-state index in [0.29, 0.717) is 11.6 Å². The Hall–Kier alpha value is -1.60. The van der Waals surface area contributed by atoms with Gasteiger partial charge in [-0.1, -0.05) is 30.0 Å². The number of nitrogens with zero attached hydrogens (tertiary/aromatic N) is 2. The van der Waals surface area contributed by atoms with Gasteiger partial charge >= 0.3 is 0 Å². The zero-order valence-electron chi connectivity index (χ0n) is 12.2. The Balaban J connectivity index is 1.75. The van der Waals surface area contributed by atoms with Crippen LogP contribution in [0.15, 0.2) is 41.6 Å². The second-order valence-electron chi connectivity index (χ2n) is 5.31. The molecule has 1 saturated heterocycles. The third kappa shape index (κ3) is 3.98. The van der Waals surface area contributed by atoms with Gasteiger partial charge in [-0.3, -0.25) is 0 Å². The average Bonchev–Trinajstić information content (AvgIpc) is 2.78. The second-order valence-corrected chi connectivity index (χ2v) is 8.81. The second kappa shape index (κ2) is 6.26. The summed E-state index contributed by atoms with van der Waals surface area (Å²) >= 11 is 1.45. The van der Waals surface area contributed by atoms with Crippen LogP contribution in [-0.2, 0) is 9.84 Å². The van der Waals surface area contributed by atoms with Crippen LogP contribution in [-0.4, -0.2) is 35.1 Å². The summed E-state index contributed by atoms with van der Waals surface area (Å²) in [6, 6.07) is 11.7. The summed E-state index contributed by atoms with van der Waals surface area (Å²) < 4.78 is 23.1. The Kier molecular flexibility index (Phi) is 4.35. The van der Waals surface area contributed by atoms with Crippen LogP contribution in [0.2, 0.25) is 0 Å². The lowest BCUT2D eigenvalue weighted by atomic mass is 10.3. The molecule has 0 saturated carbocycles. The molecule has 1 atom stereocenters. The number of anilines is 2. The summed E-state index contributed by atoms with van der Waals surface area (Å²) in [7, 11) is -2.88. The van der Waals surface area contributed by atoms with Crippen LogP contribution >= 0.6 is 11.8 Å². The molecular formula is C15H17N3O2S2. The number of thioether (sulfide) groups is 1. The molecule has 116 valence electrons. The molecule has 5 nitrogen and oxygen atoms in total. The largest absolute Gasteiger partial charge is 0.340 e. The first-order valence-electron chi connectivity index (χ1n) is 7.05. The van der Waals surface area contributed by atoms with Gasteiger partial charge in [0.1, 0.15) is 5.82 Å². The van der Waals surface area contributed by atoms with Crippen molar-refractivity contribution in [2.75, 3.05) is 16.8 Å². The normalized spacial score (nSPS) is 20.0. The minimum atomic E-state index is -2.88. The quantitative estimate of drug-likeness (QED) is 0.866. The Morgan fingerprint density at radius 3 is 2.68 bits per heavy atom. The van der Waals surface area contributed by atoms with E-state index >= 15 is 0 Å². The summed E-state index contributed by atoms with van der Waals surface area (Å²) in [5.41, 5.74) is 1.82. The number of aryl methyl sites for hydroxylation is 1. The first-order valence-corrected chi connectivity index (χ1v) is 9.75. The van der Waals surface area contributed by atoms with Crippen LogP contribution in [0.3, 0.4) is 0 Å². The van der Waals surface area contributed by atoms with Gasteiger partial charge in [0, 0.05) is 22.7 Å². The number of nitrogens with one attached hydrogen (secondary N) is 1. The van der Waals surface area contributed by atoms with E-state index in [4.69, 9.17) is 0 Å². The molecule has 0 spiro atoms. The first-order chi connectivity index (χ1) is 10.5. The van der Waals surface area contributed by atoms with Gasteiger partial charge in [0.05, 0.1) is 11.5 Å². The van der Waals surface area contributed by atoms with Crippen molar-refractivity contribution in [3.05, 3.63) is 42.1 Å². The summed E-state index contributed by atoms with van der Waals surface area (Å²) in [6.07, 6.45) is 0.672. The molecule has 1 unspecified atom stereocenters. The van der Waals surface area contributed by atoms with Crippen molar-refractivity contribution in [3.8, 4) is 0 Å². The zero-order valence-corrected chi connectivity index (χ0v) is 13.8. The number of rotatable bonds is 4. The molecule has 2 aromatic rings. The van der Waals surface area contributed by atoms with Crippen molar-refractivity contribution < 1.29 is 8.42 Å². The highest BCUT2D eigenvalue weighted by atomic mass is 32.2. The van der Waals surface area contributed by atoms with E-state index in [-0.39, 0.29) is 16.8 Å². The molecule has 1 fully saturated rings. The third-order valence-electron chi connectivity index (χ3n) is 3.34. The van der Waals surface area contributed by atoms with E-state index in [1.807, 2.05) is 43.3 Å². The lowest BCUT2D eigenvalue weighted by Gasteiger charge is -2.10. The highest BCUT2D eigenvalue weighted by Gasteiger charge is 2.29. The van der Waals surface area contributed by atoms with Gasteiger partial charge in [0.15, 0.2) is 15.0 Å². The van der Waals surface area contributed by atoms with Crippen LogP contribution in [0.4, 0.5) is 11.5 Å². The standard InChI is InChI=1S/C15H17N3O2S2/c1-11-9-14(17-12-5-3-2-4-6-12)18-15(16-11)21-13-7-8-22(19,20)10-13/h2-6,9,13H,7-8,10H2,1H3,(H,16,17,18). The molecule has 1 N–H and O–H groups in total. The predicted octanol–water partition coefficient (Wildman–Crippen LogP) is 2.81. The van der Waals surface area contributed by atoms with Gasteiger partial charge in [-0.2, -0.15) is 0 Å². The lowest BCUT2D eigenvalue weighted by molar-refractivity contribution is 0.602. The van der Waals surface area contributed by atoms with Crippen LogP contribution in [0.1, 0.15) is 12.1 Å². The minimum Gasteiger partial charge on any atom is -0.340 e. The maximum absolute atomic E-state index is 11.5. The number of hydrogen-bond acceptors (Lipinski definition) is 6. The van der Waals surface area contributed by atoms with Crippen molar-refractivity contribution in [1.29, 1.82) is 0 Å². The number of para-hydroxylation sites is 1. The van der Waals surface area contributed by atoms with Crippen molar-refractivity contribution >= 4 is 33.1 Å². The number of sulfone groups is 1. The fraction of sp³-hybridized carbons (Fsp3) is 0.333. The highest BCUT2D eigenvalue weighted by Crippen LogP contribution is 2.30. The van der Waals surface area contributed by atoms with Crippen molar-refractivity contribution in [2.24, 2.45) is 0 Å². The summed E-state index contributed by atoms with van der Waals surface area (Å²) in [6.45, 7) is 1.91. The van der Waals surface area contributed by atoms with Crippen LogP contribution < -0.4 is 5.32 Å². The van der Waals surface area contributed by atoms with Gasteiger partial charge in [0.25, 0.3) is 0 Å². The van der Waals surface area contributed by atoms with Crippen LogP contribution in [0.5, 0.6) is 0 Å². The predicted molar refractivity (Wildman–Crippen MR) is 89.4 cm³/mol. The average molecular weight is 335 g/mol. The molecule has 1 aromatic carbocycles. The number of hydrogen-bond donors (Lipinski definition) is 1. The molecular weight excluding hydrogens is 318 g/mol. The molecule has 0 bridgehead atoms. The Morgan fingerprint density at radius 1 is 1.23 bits per heavy atom.